The zero-order valence-corrected chi connectivity index (χ0v) is 21.8. The van der Waals surface area contributed by atoms with Crippen molar-refractivity contribution in [3.63, 3.8) is 0 Å². The maximum atomic E-state index is 13.9. The molecule has 1 fully saturated rings. The lowest BCUT2D eigenvalue weighted by Gasteiger charge is -2.33. The lowest BCUT2D eigenvalue weighted by molar-refractivity contribution is -0.122. The smallest absolute Gasteiger partial charge is 0.179 e. The Morgan fingerprint density at radius 3 is 2.50 bits per heavy atom. The first-order valence-electron chi connectivity index (χ1n) is 11.9. The third kappa shape index (κ3) is 4.88. The Morgan fingerprint density at radius 2 is 1.82 bits per heavy atom. The lowest BCUT2D eigenvalue weighted by atomic mass is 9.80. The van der Waals surface area contributed by atoms with E-state index in [0.717, 1.165) is 17.7 Å². The fourth-order valence-corrected chi connectivity index (χ4v) is 8.50. The molecule has 4 rings (SSSR count). The first-order valence-corrected chi connectivity index (χ1v) is 14.4. The van der Waals surface area contributed by atoms with Crippen LogP contribution in [0.25, 0.3) is 0 Å². The van der Waals surface area contributed by atoms with Gasteiger partial charge in [-0.1, -0.05) is 18.2 Å². The van der Waals surface area contributed by atoms with E-state index in [2.05, 4.69) is 0 Å². The number of hydrogen-bond donors (Lipinski definition) is 0. The molecule has 7 heteroatoms. The average molecular weight is 501 g/mol. The maximum absolute atomic E-state index is 13.9. The van der Waals surface area contributed by atoms with Crippen molar-refractivity contribution in [2.24, 2.45) is 5.92 Å². The van der Waals surface area contributed by atoms with E-state index in [1.807, 2.05) is 44.2 Å². The summed E-state index contributed by atoms with van der Waals surface area (Å²) in [5, 5.41) is -0.140. The van der Waals surface area contributed by atoms with Gasteiger partial charge in [0.2, 0.25) is 0 Å². The van der Waals surface area contributed by atoms with Crippen LogP contribution in [0.3, 0.4) is 0 Å². The normalized spacial score (nSPS) is 24.1. The number of benzene rings is 2. The van der Waals surface area contributed by atoms with Gasteiger partial charge in [-0.15, -0.1) is 11.8 Å². The van der Waals surface area contributed by atoms with Crippen LogP contribution in [-0.4, -0.2) is 37.1 Å². The van der Waals surface area contributed by atoms with Gasteiger partial charge in [-0.3, -0.25) is 9.59 Å². The topological polar surface area (TPSA) is 77.5 Å². The summed E-state index contributed by atoms with van der Waals surface area (Å²) >= 11 is 1.58. The molecule has 1 saturated carbocycles. The Kier molecular flexibility index (Phi) is 7.36. The standard InChI is InChI=1S/C27H32O5S2/c1-16(2)32-22-13-14-34(30,31)27-17(3)15-20(18(4)24(22)27)26(29)25-21(28)11-8-12-23(25)33-19-9-6-5-7-10-19/h5-7,9-10,15-16,22-23,25H,8,11-14H2,1-4H3. The largest absolute Gasteiger partial charge is 0.371 e. The molecule has 0 saturated heterocycles. The van der Waals surface area contributed by atoms with E-state index >= 15 is 0 Å². The summed E-state index contributed by atoms with van der Waals surface area (Å²) in [4.78, 5) is 28.3. The highest BCUT2D eigenvalue weighted by Crippen LogP contribution is 2.43. The third-order valence-corrected chi connectivity index (χ3v) is 9.99. The minimum Gasteiger partial charge on any atom is -0.371 e. The van der Waals surface area contributed by atoms with Gasteiger partial charge in [0.1, 0.15) is 5.78 Å². The van der Waals surface area contributed by atoms with E-state index in [1.165, 1.54) is 0 Å². The minimum absolute atomic E-state index is 0.0259. The van der Waals surface area contributed by atoms with Gasteiger partial charge in [-0.25, -0.2) is 8.42 Å². The molecule has 0 bridgehead atoms. The Hall–Kier alpha value is -1.96. The zero-order chi connectivity index (χ0) is 24.6. The van der Waals surface area contributed by atoms with Gasteiger partial charge < -0.3 is 4.74 Å². The molecule has 0 radical (unpaired) electrons. The number of thioether (sulfide) groups is 1. The quantitative estimate of drug-likeness (QED) is 0.376. The molecule has 0 amide bonds. The van der Waals surface area contributed by atoms with E-state index in [0.29, 0.717) is 40.0 Å². The Balaban J connectivity index is 1.78. The molecular formula is C27H32O5S2. The summed E-state index contributed by atoms with van der Waals surface area (Å²) in [5.41, 5.74) is 2.22. The monoisotopic (exact) mass is 500 g/mol. The molecule has 3 atom stereocenters. The van der Waals surface area contributed by atoms with Crippen LogP contribution in [-0.2, 0) is 19.4 Å². The first kappa shape index (κ1) is 25.1. The number of hydrogen-bond acceptors (Lipinski definition) is 6. The molecule has 2 aromatic rings. The van der Waals surface area contributed by atoms with E-state index in [-0.39, 0.29) is 34.8 Å². The predicted octanol–water partition coefficient (Wildman–Crippen LogP) is 5.66. The molecule has 34 heavy (non-hydrogen) atoms. The summed E-state index contributed by atoms with van der Waals surface area (Å²) in [7, 11) is -3.46. The highest BCUT2D eigenvalue weighted by molar-refractivity contribution is 8.00. The first-order chi connectivity index (χ1) is 16.1. The van der Waals surface area contributed by atoms with Crippen LogP contribution < -0.4 is 0 Å². The predicted molar refractivity (Wildman–Crippen MR) is 134 cm³/mol. The molecule has 0 aromatic heterocycles. The summed E-state index contributed by atoms with van der Waals surface area (Å²) in [5.74, 6) is -0.934. The molecule has 1 heterocycles. The van der Waals surface area contributed by atoms with E-state index < -0.39 is 15.8 Å². The summed E-state index contributed by atoms with van der Waals surface area (Å²) in [6.45, 7) is 7.39. The average Bonchev–Trinajstić information content (AvgIpc) is 2.77. The number of carbonyl (C=O) groups excluding carboxylic acids is 2. The molecule has 1 aliphatic carbocycles. The van der Waals surface area contributed by atoms with Crippen molar-refractivity contribution in [2.75, 3.05) is 5.75 Å². The van der Waals surface area contributed by atoms with Gasteiger partial charge in [0.15, 0.2) is 15.6 Å². The number of Topliss-reactive ketones (excluding diaryl/α,β-unsaturated/α-hetero) is 2. The van der Waals surface area contributed by atoms with Crippen molar-refractivity contribution >= 4 is 33.2 Å². The van der Waals surface area contributed by atoms with Crippen LogP contribution in [0, 0.1) is 19.8 Å². The van der Waals surface area contributed by atoms with Crippen molar-refractivity contribution in [2.45, 2.75) is 80.6 Å². The molecule has 0 spiro atoms. The van der Waals surface area contributed by atoms with Crippen LogP contribution in [0.1, 0.15) is 72.7 Å². The van der Waals surface area contributed by atoms with Crippen LogP contribution in [0.15, 0.2) is 46.2 Å². The number of rotatable bonds is 6. The second-order valence-corrected chi connectivity index (χ2v) is 12.9. The van der Waals surface area contributed by atoms with Crippen LogP contribution >= 0.6 is 11.8 Å². The van der Waals surface area contributed by atoms with Gasteiger partial charge in [-0.2, -0.15) is 0 Å². The Morgan fingerprint density at radius 1 is 1.12 bits per heavy atom. The number of ketones is 2. The van der Waals surface area contributed by atoms with Crippen molar-refractivity contribution in [1.82, 2.24) is 0 Å². The van der Waals surface area contributed by atoms with Crippen molar-refractivity contribution in [1.29, 1.82) is 0 Å². The summed E-state index contributed by atoms with van der Waals surface area (Å²) in [6, 6.07) is 11.5. The van der Waals surface area contributed by atoms with Gasteiger partial charge in [0, 0.05) is 27.7 Å². The molecule has 3 unspecified atom stereocenters. The fraction of sp³-hybridized carbons (Fsp3) is 0.481. The molecule has 182 valence electrons. The zero-order valence-electron chi connectivity index (χ0n) is 20.2. The Labute approximate surface area is 206 Å². The van der Waals surface area contributed by atoms with Gasteiger partial charge in [0.25, 0.3) is 0 Å². The number of aryl methyl sites for hydroxylation is 1. The van der Waals surface area contributed by atoms with E-state index in [1.54, 1.807) is 31.7 Å². The van der Waals surface area contributed by atoms with Gasteiger partial charge in [-0.05, 0) is 76.3 Å². The van der Waals surface area contributed by atoms with E-state index in [4.69, 9.17) is 4.74 Å². The number of carbonyl (C=O) groups is 2. The lowest BCUT2D eigenvalue weighted by Crippen LogP contribution is -2.37. The molecule has 5 nitrogen and oxygen atoms in total. The molecule has 2 aromatic carbocycles. The maximum Gasteiger partial charge on any atom is 0.179 e. The summed E-state index contributed by atoms with van der Waals surface area (Å²) in [6.07, 6.45) is 1.86. The SMILES string of the molecule is Cc1cc(C(=O)C2C(=O)CCCC2Sc2ccccc2)c(C)c2c1S(=O)(=O)CCC2OC(C)C. The summed E-state index contributed by atoms with van der Waals surface area (Å²) < 4.78 is 32.0. The van der Waals surface area contributed by atoms with E-state index in [9.17, 15) is 18.0 Å². The second-order valence-electron chi connectivity index (χ2n) is 9.56. The fourth-order valence-electron chi connectivity index (χ4n) is 5.24. The second kappa shape index (κ2) is 9.96. The molecule has 0 N–H and O–H groups in total. The highest BCUT2D eigenvalue weighted by atomic mass is 32.2. The van der Waals surface area contributed by atoms with Crippen molar-refractivity contribution in [3.8, 4) is 0 Å². The molecule has 1 aliphatic heterocycles. The minimum atomic E-state index is -3.46. The van der Waals surface area contributed by atoms with Gasteiger partial charge in [0.05, 0.1) is 28.8 Å². The Bertz CT molecular complexity index is 1200. The van der Waals surface area contributed by atoms with Crippen molar-refractivity contribution < 1.29 is 22.7 Å². The molecular weight excluding hydrogens is 468 g/mol. The highest BCUT2D eigenvalue weighted by Gasteiger charge is 2.41. The van der Waals surface area contributed by atoms with Crippen LogP contribution in [0.2, 0.25) is 0 Å². The van der Waals surface area contributed by atoms with Crippen molar-refractivity contribution in [3.05, 3.63) is 58.7 Å². The number of fused-ring (bicyclic) bond motifs is 1. The van der Waals surface area contributed by atoms with Crippen LogP contribution in [0.4, 0.5) is 0 Å². The molecule has 2 aliphatic rings. The number of sulfone groups is 1. The van der Waals surface area contributed by atoms with Crippen LogP contribution in [0.5, 0.6) is 0 Å². The third-order valence-electron chi connectivity index (χ3n) is 6.70. The number of ether oxygens (including phenoxy) is 1. The van der Waals surface area contributed by atoms with Gasteiger partial charge >= 0.3 is 0 Å².